The van der Waals surface area contributed by atoms with Crippen molar-refractivity contribution in [1.29, 1.82) is 5.26 Å². The fourth-order valence-electron chi connectivity index (χ4n) is 2.64. The van der Waals surface area contributed by atoms with Crippen molar-refractivity contribution < 1.29 is 14.1 Å². The summed E-state index contributed by atoms with van der Waals surface area (Å²) in [6.45, 7) is 1.75. The molecule has 1 aromatic heterocycles. The van der Waals surface area contributed by atoms with Crippen LogP contribution in [0.4, 0.5) is 11.4 Å². The van der Waals surface area contributed by atoms with Crippen LogP contribution in [0.25, 0.3) is 17.4 Å². The standard InChI is InChI=1S/C21H14ClN3O4/c1-13-17(22)6-4-7-18(13)24-21(26)14(12-23)11-15-9-10-20(29-15)16-5-2-3-8-19(16)25(27)28/h2-11H,1H3,(H,24,26)/b14-11+. The minimum absolute atomic E-state index is 0.105. The predicted molar refractivity (Wildman–Crippen MR) is 109 cm³/mol. The molecular formula is C21H14ClN3O4. The molecule has 1 heterocycles. The van der Waals surface area contributed by atoms with Crippen molar-refractivity contribution >= 4 is 35.0 Å². The van der Waals surface area contributed by atoms with E-state index in [1.807, 2.05) is 6.07 Å². The Kier molecular flexibility index (Phi) is 5.77. The van der Waals surface area contributed by atoms with Gasteiger partial charge in [-0.15, -0.1) is 0 Å². The molecular weight excluding hydrogens is 394 g/mol. The monoisotopic (exact) mass is 407 g/mol. The van der Waals surface area contributed by atoms with Crippen molar-refractivity contribution in [2.24, 2.45) is 0 Å². The SMILES string of the molecule is Cc1c(Cl)cccc1NC(=O)/C(C#N)=C/c1ccc(-c2ccccc2[N+](=O)[O-])o1. The van der Waals surface area contributed by atoms with Crippen LogP contribution in [-0.2, 0) is 4.79 Å². The lowest BCUT2D eigenvalue weighted by Crippen LogP contribution is -2.14. The van der Waals surface area contributed by atoms with Gasteiger partial charge in [-0.25, -0.2) is 0 Å². The number of carbonyl (C=O) groups excluding carboxylic acids is 1. The number of nitro groups is 1. The lowest BCUT2D eigenvalue weighted by Gasteiger charge is -2.08. The fraction of sp³-hybridized carbons (Fsp3) is 0.0476. The van der Waals surface area contributed by atoms with Crippen molar-refractivity contribution in [3.05, 3.63) is 86.6 Å². The third kappa shape index (κ3) is 4.34. The van der Waals surface area contributed by atoms with Crippen LogP contribution in [-0.4, -0.2) is 10.8 Å². The smallest absolute Gasteiger partial charge is 0.280 e. The second kappa shape index (κ2) is 8.42. The Balaban J connectivity index is 1.88. The Bertz CT molecular complexity index is 1170. The number of halogens is 1. The van der Waals surface area contributed by atoms with Gasteiger partial charge in [0, 0.05) is 22.9 Å². The third-order valence-electron chi connectivity index (χ3n) is 4.16. The summed E-state index contributed by atoms with van der Waals surface area (Å²) in [6, 6.07) is 16.1. The van der Waals surface area contributed by atoms with Crippen LogP contribution in [0.1, 0.15) is 11.3 Å². The molecule has 8 heteroatoms. The zero-order valence-corrected chi connectivity index (χ0v) is 15.9. The molecule has 0 saturated heterocycles. The van der Waals surface area contributed by atoms with Gasteiger partial charge in [-0.05, 0) is 42.8 Å². The van der Waals surface area contributed by atoms with E-state index < -0.39 is 10.8 Å². The highest BCUT2D eigenvalue weighted by Gasteiger charge is 2.18. The maximum atomic E-state index is 12.5. The van der Waals surface area contributed by atoms with E-state index in [2.05, 4.69) is 5.32 Å². The van der Waals surface area contributed by atoms with E-state index in [1.165, 1.54) is 18.2 Å². The average molecular weight is 408 g/mol. The highest BCUT2D eigenvalue weighted by molar-refractivity contribution is 6.31. The number of anilines is 1. The van der Waals surface area contributed by atoms with Gasteiger partial charge in [-0.1, -0.05) is 29.8 Å². The van der Waals surface area contributed by atoms with Crippen LogP contribution in [0.2, 0.25) is 5.02 Å². The molecule has 1 N–H and O–H groups in total. The molecule has 29 heavy (non-hydrogen) atoms. The van der Waals surface area contributed by atoms with Crippen molar-refractivity contribution in [2.75, 3.05) is 5.32 Å². The molecule has 0 saturated carbocycles. The number of para-hydroxylation sites is 1. The zero-order chi connectivity index (χ0) is 21.0. The molecule has 0 radical (unpaired) electrons. The van der Waals surface area contributed by atoms with E-state index >= 15 is 0 Å². The normalized spacial score (nSPS) is 11.0. The topological polar surface area (TPSA) is 109 Å². The molecule has 0 spiro atoms. The number of nitro benzene ring substituents is 1. The summed E-state index contributed by atoms with van der Waals surface area (Å²) in [7, 11) is 0. The fourth-order valence-corrected chi connectivity index (χ4v) is 2.81. The van der Waals surface area contributed by atoms with Crippen molar-refractivity contribution in [2.45, 2.75) is 6.92 Å². The average Bonchev–Trinajstić information content (AvgIpc) is 3.18. The highest BCUT2D eigenvalue weighted by Crippen LogP contribution is 2.31. The number of carbonyl (C=O) groups is 1. The summed E-state index contributed by atoms with van der Waals surface area (Å²) in [5.74, 6) is -0.152. The Morgan fingerprint density at radius 2 is 1.97 bits per heavy atom. The maximum absolute atomic E-state index is 12.5. The minimum Gasteiger partial charge on any atom is -0.456 e. The molecule has 3 aromatic rings. The van der Waals surface area contributed by atoms with Gasteiger partial charge in [0.25, 0.3) is 11.6 Å². The Morgan fingerprint density at radius 1 is 1.21 bits per heavy atom. The lowest BCUT2D eigenvalue weighted by molar-refractivity contribution is -0.384. The largest absolute Gasteiger partial charge is 0.456 e. The first-order chi connectivity index (χ1) is 13.9. The van der Waals surface area contributed by atoms with Gasteiger partial charge in [0.1, 0.15) is 23.2 Å². The maximum Gasteiger partial charge on any atom is 0.280 e. The molecule has 7 nitrogen and oxygen atoms in total. The molecule has 0 fully saturated rings. The molecule has 0 aliphatic heterocycles. The summed E-state index contributed by atoms with van der Waals surface area (Å²) in [5.41, 5.74) is 1.18. The number of benzene rings is 2. The van der Waals surface area contributed by atoms with Gasteiger partial charge in [-0.3, -0.25) is 14.9 Å². The summed E-state index contributed by atoms with van der Waals surface area (Å²) < 4.78 is 5.60. The molecule has 0 aliphatic carbocycles. The van der Waals surface area contributed by atoms with E-state index in [0.717, 1.165) is 0 Å². The van der Waals surface area contributed by atoms with Crippen molar-refractivity contribution in [1.82, 2.24) is 0 Å². The van der Waals surface area contributed by atoms with Crippen LogP contribution in [0, 0.1) is 28.4 Å². The number of hydrogen-bond acceptors (Lipinski definition) is 5. The van der Waals surface area contributed by atoms with E-state index in [9.17, 15) is 20.2 Å². The molecule has 144 valence electrons. The molecule has 0 aliphatic rings. The van der Waals surface area contributed by atoms with E-state index in [4.69, 9.17) is 16.0 Å². The Labute approximate surface area is 171 Å². The van der Waals surface area contributed by atoms with E-state index in [0.29, 0.717) is 21.8 Å². The second-order valence-electron chi connectivity index (χ2n) is 6.01. The van der Waals surface area contributed by atoms with Crippen LogP contribution >= 0.6 is 11.6 Å². The van der Waals surface area contributed by atoms with Crippen molar-refractivity contribution in [3.63, 3.8) is 0 Å². The Morgan fingerprint density at radius 3 is 2.69 bits per heavy atom. The molecule has 3 rings (SSSR count). The van der Waals surface area contributed by atoms with Gasteiger partial charge in [-0.2, -0.15) is 5.26 Å². The first-order valence-corrected chi connectivity index (χ1v) is 8.80. The van der Waals surface area contributed by atoms with Crippen LogP contribution < -0.4 is 5.32 Å². The summed E-state index contributed by atoms with van der Waals surface area (Å²) in [6.07, 6.45) is 1.27. The highest BCUT2D eigenvalue weighted by atomic mass is 35.5. The molecule has 0 bridgehead atoms. The number of rotatable bonds is 5. The third-order valence-corrected chi connectivity index (χ3v) is 4.57. The van der Waals surface area contributed by atoms with Gasteiger partial charge >= 0.3 is 0 Å². The molecule has 1 amide bonds. The molecule has 0 unspecified atom stereocenters. The summed E-state index contributed by atoms with van der Waals surface area (Å²) in [4.78, 5) is 23.1. The second-order valence-corrected chi connectivity index (χ2v) is 6.42. The number of amides is 1. The number of furan rings is 1. The van der Waals surface area contributed by atoms with Gasteiger partial charge in [0.05, 0.1) is 10.5 Å². The first kappa shape index (κ1) is 19.9. The van der Waals surface area contributed by atoms with E-state index in [1.54, 1.807) is 49.4 Å². The number of nitrogens with zero attached hydrogens (tertiary/aromatic N) is 2. The number of nitriles is 1. The first-order valence-electron chi connectivity index (χ1n) is 8.42. The van der Waals surface area contributed by atoms with Gasteiger partial charge in [0.15, 0.2) is 0 Å². The zero-order valence-electron chi connectivity index (χ0n) is 15.2. The van der Waals surface area contributed by atoms with Crippen LogP contribution in [0.3, 0.4) is 0 Å². The number of nitrogens with one attached hydrogen (secondary N) is 1. The van der Waals surface area contributed by atoms with Crippen LogP contribution in [0.15, 0.2) is 64.6 Å². The van der Waals surface area contributed by atoms with Crippen LogP contribution in [0.5, 0.6) is 0 Å². The predicted octanol–water partition coefficient (Wildman–Crippen LogP) is 5.36. The minimum atomic E-state index is -0.624. The molecule has 2 aromatic carbocycles. The van der Waals surface area contributed by atoms with E-state index in [-0.39, 0.29) is 22.8 Å². The molecule has 0 atom stereocenters. The summed E-state index contributed by atoms with van der Waals surface area (Å²) >= 11 is 6.04. The lowest BCUT2D eigenvalue weighted by atomic mass is 10.1. The Hall–Kier alpha value is -3.89. The van der Waals surface area contributed by atoms with Gasteiger partial charge in [0.2, 0.25) is 0 Å². The summed E-state index contributed by atoms with van der Waals surface area (Å²) in [5, 5.41) is 23.7. The van der Waals surface area contributed by atoms with Crippen molar-refractivity contribution in [3.8, 4) is 17.4 Å². The quantitative estimate of drug-likeness (QED) is 0.265. The van der Waals surface area contributed by atoms with Gasteiger partial charge < -0.3 is 9.73 Å². The number of hydrogen-bond donors (Lipinski definition) is 1.